The molecule has 0 radical (unpaired) electrons. The number of carbonyl (C=O) groups excluding carboxylic acids is 1. The van der Waals surface area contributed by atoms with Crippen LogP contribution in [0.4, 0.5) is 10.1 Å². The quantitative estimate of drug-likeness (QED) is 0.801. The molecule has 0 bridgehead atoms. The summed E-state index contributed by atoms with van der Waals surface area (Å²) < 4.78 is 18.0. The van der Waals surface area contributed by atoms with Crippen LogP contribution in [-0.4, -0.2) is 19.1 Å². The second-order valence-electron chi connectivity index (χ2n) is 3.64. The van der Waals surface area contributed by atoms with Crippen LogP contribution < -0.4 is 5.32 Å². The summed E-state index contributed by atoms with van der Waals surface area (Å²) in [4.78, 5) is 11.3. The molecule has 3 nitrogen and oxygen atoms in total. The van der Waals surface area contributed by atoms with E-state index in [-0.39, 0.29) is 11.9 Å². The summed E-state index contributed by atoms with van der Waals surface area (Å²) in [7, 11) is 1.30. The molecule has 4 heteroatoms. The molecule has 16 heavy (non-hydrogen) atoms. The zero-order valence-electron chi connectivity index (χ0n) is 9.71. The molecule has 0 fully saturated rings. The van der Waals surface area contributed by atoms with Crippen LogP contribution >= 0.6 is 0 Å². The fraction of sp³-hybridized carbons (Fsp3) is 0.417. The van der Waals surface area contributed by atoms with Gasteiger partial charge in [0.25, 0.3) is 0 Å². The van der Waals surface area contributed by atoms with Crippen molar-refractivity contribution in [1.82, 2.24) is 0 Å². The average Bonchev–Trinajstić information content (AvgIpc) is 2.30. The Morgan fingerprint density at radius 1 is 1.56 bits per heavy atom. The zero-order chi connectivity index (χ0) is 12.1. The number of ether oxygens (including phenoxy) is 1. The Hall–Kier alpha value is -1.58. The Morgan fingerprint density at radius 2 is 2.25 bits per heavy atom. The van der Waals surface area contributed by atoms with Gasteiger partial charge in [-0.25, -0.2) is 9.18 Å². The Balaban J connectivity index is 2.94. The van der Waals surface area contributed by atoms with E-state index < -0.39 is 5.97 Å². The minimum Gasteiger partial charge on any atom is -0.465 e. The topological polar surface area (TPSA) is 38.3 Å². The molecule has 0 spiro atoms. The minimum absolute atomic E-state index is 0.155. The van der Waals surface area contributed by atoms with E-state index >= 15 is 0 Å². The molecule has 0 saturated heterocycles. The van der Waals surface area contributed by atoms with Crippen LogP contribution in [0.3, 0.4) is 0 Å². The standard InChI is InChI=1S/C12H16FNO2/c1-4-8(2)14-11-7-9(12(15)16-3)5-6-10(11)13/h5-8,14H,4H2,1-3H3. The van der Waals surface area contributed by atoms with Crippen LogP contribution in [0.25, 0.3) is 0 Å². The van der Waals surface area contributed by atoms with Crippen molar-refractivity contribution < 1.29 is 13.9 Å². The normalized spacial score (nSPS) is 12.0. The monoisotopic (exact) mass is 225 g/mol. The number of benzene rings is 1. The Bertz CT molecular complexity index is 379. The van der Waals surface area contributed by atoms with Crippen LogP contribution in [0.1, 0.15) is 30.6 Å². The Morgan fingerprint density at radius 3 is 2.81 bits per heavy atom. The van der Waals surface area contributed by atoms with Gasteiger partial charge in [0.05, 0.1) is 18.4 Å². The molecule has 1 N–H and O–H groups in total. The molecular formula is C12H16FNO2. The number of nitrogens with one attached hydrogen (secondary N) is 1. The highest BCUT2D eigenvalue weighted by Gasteiger charge is 2.10. The van der Waals surface area contributed by atoms with Crippen molar-refractivity contribution in [2.75, 3.05) is 12.4 Å². The highest BCUT2D eigenvalue weighted by molar-refractivity contribution is 5.90. The van der Waals surface area contributed by atoms with E-state index in [2.05, 4.69) is 10.1 Å². The van der Waals surface area contributed by atoms with Crippen molar-refractivity contribution in [3.8, 4) is 0 Å². The highest BCUT2D eigenvalue weighted by Crippen LogP contribution is 2.18. The van der Waals surface area contributed by atoms with Gasteiger partial charge in [0.15, 0.2) is 0 Å². The van der Waals surface area contributed by atoms with E-state index in [1.807, 2.05) is 13.8 Å². The van der Waals surface area contributed by atoms with Gasteiger partial charge in [-0.15, -0.1) is 0 Å². The molecule has 1 unspecified atom stereocenters. The second kappa shape index (κ2) is 5.49. The SMILES string of the molecule is CCC(C)Nc1cc(C(=O)OC)ccc1F. The first-order valence-electron chi connectivity index (χ1n) is 5.22. The van der Waals surface area contributed by atoms with E-state index in [1.54, 1.807) is 0 Å². The molecule has 1 aromatic rings. The molecule has 0 amide bonds. The third-order valence-corrected chi connectivity index (χ3v) is 2.40. The van der Waals surface area contributed by atoms with Crippen LogP contribution in [0.5, 0.6) is 0 Å². The molecule has 1 atom stereocenters. The molecule has 0 aromatic heterocycles. The average molecular weight is 225 g/mol. The number of anilines is 1. The first kappa shape index (κ1) is 12.5. The molecule has 88 valence electrons. The van der Waals surface area contributed by atoms with Gasteiger partial charge in [-0.3, -0.25) is 0 Å². The maximum atomic E-state index is 13.4. The van der Waals surface area contributed by atoms with E-state index in [1.165, 1.54) is 25.3 Å². The van der Waals surface area contributed by atoms with E-state index in [9.17, 15) is 9.18 Å². The smallest absolute Gasteiger partial charge is 0.337 e. The molecule has 1 rings (SSSR count). The van der Waals surface area contributed by atoms with Gasteiger partial charge in [0, 0.05) is 6.04 Å². The molecule has 0 aliphatic rings. The fourth-order valence-corrected chi connectivity index (χ4v) is 1.25. The van der Waals surface area contributed by atoms with Gasteiger partial charge in [-0.05, 0) is 31.5 Å². The van der Waals surface area contributed by atoms with Gasteiger partial charge in [-0.1, -0.05) is 6.92 Å². The summed E-state index contributed by atoms with van der Waals surface area (Å²) >= 11 is 0. The summed E-state index contributed by atoms with van der Waals surface area (Å²) in [5.74, 6) is -0.833. The van der Waals surface area contributed by atoms with Crippen LogP contribution in [0, 0.1) is 5.82 Å². The maximum absolute atomic E-state index is 13.4. The molecule has 0 heterocycles. The first-order valence-corrected chi connectivity index (χ1v) is 5.22. The summed E-state index contributed by atoms with van der Waals surface area (Å²) in [6.07, 6.45) is 0.877. The predicted molar refractivity (Wildman–Crippen MR) is 61.1 cm³/mol. The predicted octanol–water partition coefficient (Wildman–Crippen LogP) is 2.82. The van der Waals surface area contributed by atoms with Crippen LogP contribution in [0.2, 0.25) is 0 Å². The lowest BCUT2D eigenvalue weighted by atomic mass is 10.1. The van der Waals surface area contributed by atoms with Gasteiger partial charge < -0.3 is 10.1 Å². The van der Waals surface area contributed by atoms with Crippen molar-refractivity contribution in [2.24, 2.45) is 0 Å². The van der Waals surface area contributed by atoms with E-state index in [0.29, 0.717) is 11.3 Å². The number of halogens is 1. The van der Waals surface area contributed by atoms with Crippen molar-refractivity contribution in [3.63, 3.8) is 0 Å². The molecule has 0 aliphatic heterocycles. The Kier molecular flexibility index (Phi) is 4.28. The second-order valence-corrected chi connectivity index (χ2v) is 3.64. The van der Waals surface area contributed by atoms with Crippen LogP contribution in [-0.2, 0) is 4.74 Å². The lowest BCUT2D eigenvalue weighted by Gasteiger charge is -2.14. The number of rotatable bonds is 4. The van der Waals surface area contributed by atoms with Gasteiger partial charge in [0.1, 0.15) is 5.82 Å². The summed E-state index contributed by atoms with van der Waals surface area (Å²) in [6, 6.07) is 4.29. The lowest BCUT2D eigenvalue weighted by molar-refractivity contribution is 0.0600. The van der Waals surface area contributed by atoms with E-state index in [0.717, 1.165) is 6.42 Å². The molecule has 0 aliphatic carbocycles. The highest BCUT2D eigenvalue weighted by atomic mass is 19.1. The third-order valence-electron chi connectivity index (χ3n) is 2.40. The lowest BCUT2D eigenvalue weighted by Crippen LogP contribution is -2.15. The maximum Gasteiger partial charge on any atom is 0.337 e. The molecule has 0 saturated carbocycles. The van der Waals surface area contributed by atoms with Crippen LogP contribution in [0.15, 0.2) is 18.2 Å². The fourth-order valence-electron chi connectivity index (χ4n) is 1.25. The third kappa shape index (κ3) is 2.95. The number of hydrogen-bond donors (Lipinski definition) is 1. The van der Waals surface area contributed by atoms with E-state index in [4.69, 9.17) is 0 Å². The first-order chi connectivity index (χ1) is 7.58. The summed E-state index contributed by atoms with van der Waals surface area (Å²) in [5.41, 5.74) is 0.673. The van der Waals surface area contributed by atoms with Crippen molar-refractivity contribution in [2.45, 2.75) is 26.3 Å². The Labute approximate surface area is 94.6 Å². The summed E-state index contributed by atoms with van der Waals surface area (Å²) in [5, 5.41) is 3.00. The van der Waals surface area contributed by atoms with Gasteiger partial charge in [0.2, 0.25) is 0 Å². The number of hydrogen-bond acceptors (Lipinski definition) is 3. The number of carbonyl (C=O) groups is 1. The summed E-state index contributed by atoms with van der Waals surface area (Å²) in [6.45, 7) is 3.95. The molecular weight excluding hydrogens is 209 g/mol. The minimum atomic E-state index is -0.466. The van der Waals surface area contributed by atoms with Crippen molar-refractivity contribution in [3.05, 3.63) is 29.6 Å². The number of esters is 1. The number of methoxy groups -OCH3 is 1. The van der Waals surface area contributed by atoms with Gasteiger partial charge in [-0.2, -0.15) is 0 Å². The molecule has 1 aromatic carbocycles. The largest absolute Gasteiger partial charge is 0.465 e. The zero-order valence-corrected chi connectivity index (χ0v) is 9.71. The van der Waals surface area contributed by atoms with Crippen molar-refractivity contribution >= 4 is 11.7 Å². The van der Waals surface area contributed by atoms with Gasteiger partial charge >= 0.3 is 5.97 Å². The van der Waals surface area contributed by atoms with Crippen molar-refractivity contribution in [1.29, 1.82) is 0 Å².